The molecule has 2 amide bonds. The Balaban J connectivity index is 2.61. The summed E-state index contributed by atoms with van der Waals surface area (Å²) >= 11 is 0. The zero-order valence-electron chi connectivity index (χ0n) is 8.96. The topological polar surface area (TPSA) is 46.6 Å². The summed E-state index contributed by atoms with van der Waals surface area (Å²) in [5.41, 5.74) is 0.0317. The van der Waals surface area contributed by atoms with E-state index in [0.29, 0.717) is 12.1 Å². The Labute approximate surface area is 83.5 Å². The molecule has 0 atom stereocenters. The Bertz CT molecular complexity index is 299. The van der Waals surface area contributed by atoms with Gasteiger partial charge in [0.25, 0.3) is 5.91 Å². The summed E-state index contributed by atoms with van der Waals surface area (Å²) in [7, 11) is 0. The third-order valence-corrected chi connectivity index (χ3v) is 1.78. The lowest BCUT2D eigenvalue weighted by Crippen LogP contribution is -2.38. The molecule has 0 aromatic carbocycles. The molecule has 0 N–H and O–H groups in total. The van der Waals surface area contributed by atoms with Crippen molar-refractivity contribution >= 4 is 12.0 Å². The van der Waals surface area contributed by atoms with Gasteiger partial charge in [-0.1, -0.05) is 6.08 Å². The summed E-state index contributed by atoms with van der Waals surface area (Å²) in [5.74, 6) is -0.265. The van der Waals surface area contributed by atoms with Crippen LogP contribution in [-0.4, -0.2) is 29.0 Å². The van der Waals surface area contributed by atoms with Crippen molar-refractivity contribution in [2.45, 2.75) is 33.3 Å². The minimum absolute atomic E-state index is 0.265. The highest BCUT2D eigenvalue weighted by atomic mass is 16.6. The van der Waals surface area contributed by atoms with Gasteiger partial charge >= 0.3 is 6.09 Å². The predicted molar refractivity (Wildman–Crippen MR) is 51.7 cm³/mol. The van der Waals surface area contributed by atoms with Gasteiger partial charge < -0.3 is 4.74 Å². The smallest absolute Gasteiger partial charge is 0.417 e. The van der Waals surface area contributed by atoms with Crippen LogP contribution in [0.2, 0.25) is 0 Å². The summed E-state index contributed by atoms with van der Waals surface area (Å²) in [5, 5.41) is 0. The minimum atomic E-state index is -0.574. The van der Waals surface area contributed by atoms with Crippen molar-refractivity contribution in [3.05, 3.63) is 11.6 Å². The van der Waals surface area contributed by atoms with Crippen LogP contribution in [0.1, 0.15) is 27.7 Å². The second-order valence-corrected chi connectivity index (χ2v) is 4.28. The van der Waals surface area contributed by atoms with Gasteiger partial charge in [-0.15, -0.1) is 0 Å². The second kappa shape index (κ2) is 3.44. The number of imide groups is 1. The molecule has 0 spiro atoms. The lowest BCUT2D eigenvalue weighted by Gasteiger charge is -2.23. The standard InChI is InChI=1S/C10H15NO3/c1-7-5-6-11(8(7)12)9(13)14-10(2,3)4/h5H,6H2,1-4H3. The van der Waals surface area contributed by atoms with Crippen LogP contribution >= 0.6 is 0 Å². The SMILES string of the molecule is CC1=CCN(C(=O)OC(C)(C)C)C1=O. The largest absolute Gasteiger partial charge is 0.443 e. The van der Waals surface area contributed by atoms with Crippen molar-refractivity contribution in [3.63, 3.8) is 0 Å². The molecule has 0 saturated carbocycles. The van der Waals surface area contributed by atoms with Gasteiger partial charge in [-0.05, 0) is 27.7 Å². The summed E-state index contributed by atoms with van der Waals surface area (Å²) < 4.78 is 5.07. The highest BCUT2D eigenvalue weighted by Gasteiger charge is 2.30. The first-order valence-electron chi connectivity index (χ1n) is 4.53. The van der Waals surface area contributed by atoms with Crippen LogP contribution in [0, 0.1) is 0 Å². The van der Waals surface area contributed by atoms with Gasteiger partial charge in [0.15, 0.2) is 0 Å². The molecule has 0 aromatic heterocycles. The first-order chi connectivity index (χ1) is 6.31. The van der Waals surface area contributed by atoms with E-state index < -0.39 is 11.7 Å². The lowest BCUT2D eigenvalue weighted by molar-refractivity contribution is -0.124. The minimum Gasteiger partial charge on any atom is -0.443 e. The van der Waals surface area contributed by atoms with E-state index in [0.717, 1.165) is 4.90 Å². The fourth-order valence-corrected chi connectivity index (χ4v) is 1.09. The molecule has 1 aliphatic rings. The monoisotopic (exact) mass is 197 g/mol. The van der Waals surface area contributed by atoms with Gasteiger partial charge in [0.1, 0.15) is 5.60 Å². The molecular formula is C10H15NO3. The number of nitrogens with zero attached hydrogens (tertiary/aromatic N) is 1. The predicted octanol–water partition coefficient (Wildman–Crippen LogP) is 1.71. The normalized spacial score (nSPS) is 17.0. The van der Waals surface area contributed by atoms with E-state index in [4.69, 9.17) is 4.74 Å². The Morgan fingerprint density at radius 1 is 1.50 bits per heavy atom. The van der Waals surface area contributed by atoms with Crippen LogP contribution in [0.5, 0.6) is 0 Å². The molecule has 1 heterocycles. The van der Waals surface area contributed by atoms with E-state index in [9.17, 15) is 9.59 Å². The molecule has 0 bridgehead atoms. The Morgan fingerprint density at radius 3 is 2.43 bits per heavy atom. The van der Waals surface area contributed by atoms with Crippen LogP contribution < -0.4 is 0 Å². The molecule has 0 aliphatic carbocycles. The van der Waals surface area contributed by atoms with E-state index in [1.807, 2.05) is 0 Å². The fourth-order valence-electron chi connectivity index (χ4n) is 1.09. The van der Waals surface area contributed by atoms with Gasteiger partial charge in [-0.3, -0.25) is 4.79 Å². The van der Waals surface area contributed by atoms with Crippen molar-refractivity contribution < 1.29 is 14.3 Å². The molecule has 1 aliphatic heterocycles. The zero-order chi connectivity index (χ0) is 10.9. The van der Waals surface area contributed by atoms with Crippen molar-refractivity contribution in [3.8, 4) is 0 Å². The maximum Gasteiger partial charge on any atom is 0.417 e. The van der Waals surface area contributed by atoms with Crippen molar-refractivity contribution in [1.29, 1.82) is 0 Å². The van der Waals surface area contributed by atoms with Crippen molar-refractivity contribution in [2.75, 3.05) is 6.54 Å². The Hall–Kier alpha value is -1.32. The summed E-state index contributed by atoms with van der Waals surface area (Å²) in [6.07, 6.45) is 1.14. The molecule has 0 saturated heterocycles. The maximum atomic E-state index is 11.5. The number of rotatable bonds is 0. The number of hydrogen-bond donors (Lipinski definition) is 0. The van der Waals surface area contributed by atoms with Crippen LogP contribution in [-0.2, 0) is 9.53 Å². The maximum absolute atomic E-state index is 11.5. The van der Waals surface area contributed by atoms with E-state index in [1.54, 1.807) is 33.8 Å². The molecule has 4 nitrogen and oxygen atoms in total. The molecule has 4 heteroatoms. The van der Waals surface area contributed by atoms with E-state index in [2.05, 4.69) is 0 Å². The van der Waals surface area contributed by atoms with E-state index >= 15 is 0 Å². The second-order valence-electron chi connectivity index (χ2n) is 4.28. The van der Waals surface area contributed by atoms with Gasteiger partial charge in [-0.25, -0.2) is 9.69 Å². The van der Waals surface area contributed by atoms with Crippen LogP contribution in [0.25, 0.3) is 0 Å². The zero-order valence-corrected chi connectivity index (χ0v) is 8.96. The summed E-state index contributed by atoms with van der Waals surface area (Å²) in [4.78, 5) is 24.0. The van der Waals surface area contributed by atoms with E-state index in [-0.39, 0.29) is 5.91 Å². The average molecular weight is 197 g/mol. The fraction of sp³-hybridized carbons (Fsp3) is 0.600. The van der Waals surface area contributed by atoms with Crippen LogP contribution in [0.15, 0.2) is 11.6 Å². The number of amides is 2. The molecular weight excluding hydrogens is 182 g/mol. The quantitative estimate of drug-likeness (QED) is 0.594. The van der Waals surface area contributed by atoms with E-state index in [1.165, 1.54) is 0 Å². The number of hydrogen-bond acceptors (Lipinski definition) is 3. The van der Waals surface area contributed by atoms with Gasteiger partial charge in [0.2, 0.25) is 0 Å². The molecule has 78 valence electrons. The van der Waals surface area contributed by atoms with Crippen molar-refractivity contribution in [2.24, 2.45) is 0 Å². The molecule has 0 radical (unpaired) electrons. The van der Waals surface area contributed by atoms with Crippen LogP contribution in [0.3, 0.4) is 0 Å². The highest BCUT2D eigenvalue weighted by molar-refractivity contribution is 6.04. The number of carbonyl (C=O) groups is 2. The number of carbonyl (C=O) groups excluding carboxylic acids is 2. The third kappa shape index (κ3) is 2.34. The molecule has 14 heavy (non-hydrogen) atoms. The third-order valence-electron chi connectivity index (χ3n) is 1.78. The highest BCUT2D eigenvalue weighted by Crippen LogP contribution is 2.15. The number of ether oxygens (including phenoxy) is 1. The van der Waals surface area contributed by atoms with Gasteiger partial charge in [-0.2, -0.15) is 0 Å². The Kier molecular flexibility index (Phi) is 2.64. The van der Waals surface area contributed by atoms with Crippen molar-refractivity contribution in [1.82, 2.24) is 4.90 Å². The first-order valence-corrected chi connectivity index (χ1v) is 4.53. The first kappa shape index (κ1) is 10.8. The molecule has 0 aromatic rings. The summed E-state index contributed by atoms with van der Waals surface area (Å²) in [6.45, 7) is 7.31. The van der Waals surface area contributed by atoms with Gasteiger partial charge in [0, 0.05) is 5.57 Å². The molecule has 1 rings (SSSR count). The van der Waals surface area contributed by atoms with Crippen LogP contribution in [0.4, 0.5) is 4.79 Å². The Morgan fingerprint density at radius 2 is 2.07 bits per heavy atom. The molecule has 0 fully saturated rings. The summed E-state index contributed by atoms with van der Waals surface area (Å²) in [6, 6.07) is 0. The van der Waals surface area contributed by atoms with Gasteiger partial charge in [0.05, 0.1) is 6.54 Å². The lowest BCUT2D eigenvalue weighted by atomic mass is 10.2. The average Bonchev–Trinajstić information content (AvgIpc) is 2.29. The molecule has 0 unspecified atom stereocenters.